The van der Waals surface area contributed by atoms with Crippen LogP contribution in [0.1, 0.15) is 78.5 Å². The van der Waals surface area contributed by atoms with Crippen molar-refractivity contribution in [2.45, 2.75) is 51.9 Å². The SMILES string of the molecule is C=C/C(=C\CCC)c1ccc(N(c2ccccc2)c2ccc3c(c2)C2(C(c4ccccc4C)=C(CCC)c4ccc(N(c5ccccc5)c5cc6ccccc6c6ccccc56)cc42)c2ccccc2-3)cc1. The number of hydrogen-bond acceptors (Lipinski definition) is 2. The smallest absolute Gasteiger partial charge is 0.0729 e. The van der Waals surface area contributed by atoms with Crippen LogP contribution in [0.5, 0.6) is 0 Å². The van der Waals surface area contributed by atoms with Crippen LogP contribution >= 0.6 is 0 Å². The Morgan fingerprint density at radius 1 is 0.458 bits per heavy atom. The zero-order chi connectivity index (χ0) is 48.8. The van der Waals surface area contributed by atoms with Crippen LogP contribution in [0.3, 0.4) is 0 Å². The molecule has 12 rings (SSSR count). The standard InChI is InChI=1S/C70H58N2/c1-5-8-25-49(7-3)50-37-39-54(40-38-50)71(52-27-11-9-12-28-52)55-41-43-61-60-34-21-22-36-65(60)70(66(61)46-55)67-47-56(42-44-62(67)64(23-6-2)69(70)57-31-17-15-24-48(57)4)72(53-29-13-10-14-30-53)68-45-51-26-16-18-32-58(51)59-33-19-20-35-63(59)68/h7,9-22,24-47H,3,5-6,8,23H2,1-2,4H3/b49-25+. The fourth-order valence-corrected chi connectivity index (χ4v) is 12.1. The van der Waals surface area contributed by atoms with Crippen LogP contribution in [0.2, 0.25) is 0 Å². The minimum Gasteiger partial charge on any atom is -0.310 e. The number of hydrogen-bond donors (Lipinski definition) is 0. The first kappa shape index (κ1) is 44.7. The molecular weight excluding hydrogens is 869 g/mol. The highest BCUT2D eigenvalue weighted by molar-refractivity contribution is 6.15. The van der Waals surface area contributed by atoms with Crippen molar-refractivity contribution >= 4 is 72.4 Å². The molecule has 0 aromatic heterocycles. The lowest BCUT2D eigenvalue weighted by Crippen LogP contribution is -2.28. The fourth-order valence-electron chi connectivity index (χ4n) is 12.1. The Hall–Kier alpha value is -8.46. The van der Waals surface area contributed by atoms with Crippen molar-refractivity contribution in [3.05, 3.63) is 282 Å². The molecule has 2 aliphatic rings. The lowest BCUT2D eigenvalue weighted by molar-refractivity contribution is 0.839. The molecule has 0 amide bonds. The highest BCUT2D eigenvalue weighted by atomic mass is 15.1. The topological polar surface area (TPSA) is 6.48 Å². The lowest BCUT2D eigenvalue weighted by atomic mass is 9.67. The van der Waals surface area contributed by atoms with Crippen molar-refractivity contribution < 1.29 is 0 Å². The zero-order valence-electron chi connectivity index (χ0n) is 41.4. The monoisotopic (exact) mass is 926 g/mol. The van der Waals surface area contributed by atoms with Gasteiger partial charge in [-0.2, -0.15) is 0 Å². The Kier molecular flexibility index (Phi) is 11.6. The number of unbranched alkanes of at least 4 members (excludes halogenated alkanes) is 1. The van der Waals surface area contributed by atoms with Gasteiger partial charge in [-0.15, -0.1) is 0 Å². The average Bonchev–Trinajstić information content (AvgIpc) is 3.88. The summed E-state index contributed by atoms with van der Waals surface area (Å²) in [5, 5.41) is 4.94. The van der Waals surface area contributed by atoms with Crippen molar-refractivity contribution in [1.82, 2.24) is 0 Å². The summed E-state index contributed by atoms with van der Waals surface area (Å²) in [6.45, 7) is 11.0. The highest BCUT2D eigenvalue weighted by Crippen LogP contribution is 2.66. The van der Waals surface area contributed by atoms with Gasteiger partial charge in [-0.05, 0) is 169 Å². The number of benzene rings is 10. The number of nitrogens with zero attached hydrogens (tertiary/aromatic N) is 2. The number of rotatable bonds is 13. The van der Waals surface area contributed by atoms with E-state index in [2.05, 4.69) is 268 Å². The summed E-state index contributed by atoms with van der Waals surface area (Å²) in [6.07, 6.45) is 8.38. The molecule has 0 heterocycles. The predicted molar refractivity (Wildman–Crippen MR) is 309 cm³/mol. The molecule has 1 atom stereocenters. The van der Waals surface area contributed by atoms with E-state index in [1.54, 1.807) is 0 Å². The third-order valence-electron chi connectivity index (χ3n) is 15.2. The van der Waals surface area contributed by atoms with Crippen molar-refractivity contribution in [3.8, 4) is 11.1 Å². The number of anilines is 6. The van der Waals surface area contributed by atoms with Crippen molar-refractivity contribution in [2.24, 2.45) is 0 Å². The first-order valence-electron chi connectivity index (χ1n) is 25.8. The summed E-state index contributed by atoms with van der Waals surface area (Å²) < 4.78 is 0. The van der Waals surface area contributed by atoms with Gasteiger partial charge in [0.1, 0.15) is 0 Å². The number of allylic oxidation sites excluding steroid dienone is 5. The van der Waals surface area contributed by atoms with Gasteiger partial charge in [0.15, 0.2) is 0 Å². The molecule has 0 saturated carbocycles. The van der Waals surface area contributed by atoms with Gasteiger partial charge in [0.2, 0.25) is 0 Å². The summed E-state index contributed by atoms with van der Waals surface area (Å²) in [7, 11) is 0. The van der Waals surface area contributed by atoms with Gasteiger partial charge < -0.3 is 9.80 Å². The second kappa shape index (κ2) is 18.7. The third-order valence-corrected chi connectivity index (χ3v) is 15.2. The molecule has 348 valence electrons. The second-order valence-electron chi connectivity index (χ2n) is 19.4. The minimum atomic E-state index is -0.646. The summed E-state index contributed by atoms with van der Waals surface area (Å²) >= 11 is 0. The van der Waals surface area contributed by atoms with Crippen LogP contribution in [0.25, 0.3) is 49.4 Å². The fraction of sp³-hybridized carbons (Fsp3) is 0.114. The van der Waals surface area contributed by atoms with Crippen LogP contribution < -0.4 is 9.80 Å². The predicted octanol–water partition coefficient (Wildman–Crippen LogP) is 19.6. The van der Waals surface area contributed by atoms with Gasteiger partial charge in [0, 0.05) is 33.8 Å². The molecule has 10 aromatic rings. The van der Waals surface area contributed by atoms with Crippen LogP contribution in [-0.2, 0) is 5.41 Å². The van der Waals surface area contributed by atoms with Crippen LogP contribution in [0.4, 0.5) is 34.1 Å². The largest absolute Gasteiger partial charge is 0.310 e. The summed E-state index contributed by atoms with van der Waals surface area (Å²) in [4.78, 5) is 4.94. The van der Waals surface area contributed by atoms with E-state index < -0.39 is 5.41 Å². The summed E-state index contributed by atoms with van der Waals surface area (Å²) in [5.41, 5.74) is 21.7. The average molecular weight is 927 g/mol. The molecule has 0 radical (unpaired) electrons. The number of para-hydroxylation sites is 2. The normalized spacial score (nSPS) is 14.7. The second-order valence-corrected chi connectivity index (χ2v) is 19.4. The van der Waals surface area contributed by atoms with E-state index in [4.69, 9.17) is 0 Å². The van der Waals surface area contributed by atoms with Gasteiger partial charge in [0.05, 0.1) is 11.1 Å². The molecule has 1 spiro atoms. The molecule has 0 fully saturated rings. The maximum atomic E-state index is 4.18. The zero-order valence-corrected chi connectivity index (χ0v) is 41.4. The van der Waals surface area contributed by atoms with Crippen molar-refractivity contribution in [2.75, 3.05) is 9.80 Å². The van der Waals surface area contributed by atoms with E-state index >= 15 is 0 Å². The minimum absolute atomic E-state index is 0.646. The maximum absolute atomic E-state index is 4.18. The third kappa shape index (κ3) is 7.24. The molecule has 72 heavy (non-hydrogen) atoms. The summed E-state index contributed by atoms with van der Waals surface area (Å²) in [6, 6.07) is 84.0. The van der Waals surface area contributed by atoms with Gasteiger partial charge in [-0.25, -0.2) is 0 Å². The molecular formula is C70H58N2. The van der Waals surface area contributed by atoms with E-state index in [-0.39, 0.29) is 0 Å². The Balaban J connectivity index is 1.15. The van der Waals surface area contributed by atoms with Gasteiger partial charge in [0.25, 0.3) is 0 Å². The molecule has 2 heteroatoms. The van der Waals surface area contributed by atoms with E-state index in [9.17, 15) is 0 Å². The van der Waals surface area contributed by atoms with Gasteiger partial charge >= 0.3 is 0 Å². The highest BCUT2D eigenvalue weighted by Gasteiger charge is 2.54. The van der Waals surface area contributed by atoms with E-state index in [0.717, 1.165) is 59.8 Å². The van der Waals surface area contributed by atoms with E-state index in [1.165, 1.54) is 88.3 Å². The Morgan fingerprint density at radius 2 is 1.00 bits per heavy atom. The van der Waals surface area contributed by atoms with E-state index in [1.807, 2.05) is 6.08 Å². The molecule has 2 aliphatic carbocycles. The van der Waals surface area contributed by atoms with Crippen LogP contribution in [0, 0.1) is 6.92 Å². The number of aryl methyl sites for hydroxylation is 1. The summed E-state index contributed by atoms with van der Waals surface area (Å²) in [5.74, 6) is 0. The van der Waals surface area contributed by atoms with Gasteiger partial charge in [-0.1, -0.05) is 203 Å². The lowest BCUT2D eigenvalue weighted by Gasteiger charge is -2.36. The Morgan fingerprint density at radius 3 is 1.69 bits per heavy atom. The van der Waals surface area contributed by atoms with E-state index in [0.29, 0.717) is 0 Å². The van der Waals surface area contributed by atoms with Crippen LogP contribution in [0.15, 0.2) is 243 Å². The molecule has 10 aromatic carbocycles. The molecule has 2 nitrogen and oxygen atoms in total. The Bertz CT molecular complexity index is 3750. The van der Waals surface area contributed by atoms with Crippen molar-refractivity contribution in [3.63, 3.8) is 0 Å². The van der Waals surface area contributed by atoms with Crippen LogP contribution in [-0.4, -0.2) is 0 Å². The molecule has 0 aliphatic heterocycles. The first-order valence-corrected chi connectivity index (χ1v) is 25.8. The Labute approximate surface area is 425 Å². The molecule has 0 saturated heterocycles. The maximum Gasteiger partial charge on any atom is 0.0729 e. The molecule has 0 N–H and O–H groups in total. The van der Waals surface area contributed by atoms with Crippen molar-refractivity contribution in [1.29, 1.82) is 0 Å². The number of fused-ring (bicyclic) bond motifs is 10. The quantitative estimate of drug-likeness (QED) is 0.0840. The molecule has 1 unspecified atom stereocenters. The molecule has 0 bridgehead atoms. The van der Waals surface area contributed by atoms with Gasteiger partial charge in [-0.3, -0.25) is 0 Å². The first-order chi connectivity index (χ1) is 35.5.